The van der Waals surface area contributed by atoms with E-state index >= 15 is 0 Å². The lowest BCUT2D eigenvalue weighted by Crippen LogP contribution is -2.39. The number of nitrogens with zero attached hydrogens (tertiary/aromatic N) is 2. The van der Waals surface area contributed by atoms with E-state index in [-0.39, 0.29) is 12.2 Å². The van der Waals surface area contributed by atoms with Crippen molar-refractivity contribution in [2.45, 2.75) is 17.9 Å². The zero-order chi connectivity index (χ0) is 26.8. The van der Waals surface area contributed by atoms with Crippen molar-refractivity contribution in [3.8, 4) is 11.3 Å². The van der Waals surface area contributed by atoms with Crippen LogP contribution in [-0.2, 0) is 9.53 Å². The number of ether oxygens (including phenoxy) is 1. The first-order chi connectivity index (χ1) is 18.4. The predicted octanol–water partition coefficient (Wildman–Crippen LogP) is 5.60. The molecule has 9 heteroatoms. The number of rotatable bonds is 7. The lowest BCUT2D eigenvalue weighted by Gasteiger charge is -2.24. The van der Waals surface area contributed by atoms with Crippen LogP contribution in [0.3, 0.4) is 0 Å². The molecule has 6 nitrogen and oxygen atoms in total. The minimum absolute atomic E-state index is 0.0611. The molecule has 1 aliphatic heterocycles. The first kappa shape index (κ1) is 26.0. The number of allylic oxidation sites excluding steroid dienone is 1. The number of halogens is 1. The van der Waals surface area contributed by atoms with Gasteiger partial charge in [0, 0.05) is 21.6 Å². The molecule has 0 amide bonds. The SMILES string of the molecule is C=CCOC(=O)C1=C(C)N=c2s/c(=C/c3ccc(-c4cccc(Cl)c4)o3)c(=O)n2[C@H]1c1ccc(SC)cc1. The minimum Gasteiger partial charge on any atom is -0.458 e. The van der Waals surface area contributed by atoms with E-state index in [1.165, 1.54) is 17.4 Å². The third-order valence-electron chi connectivity index (χ3n) is 6.01. The molecule has 0 saturated heterocycles. The Bertz CT molecular complexity index is 1750. The second-order valence-corrected chi connectivity index (χ2v) is 10.8. The van der Waals surface area contributed by atoms with Crippen LogP contribution in [-0.4, -0.2) is 23.4 Å². The number of esters is 1. The van der Waals surface area contributed by atoms with Gasteiger partial charge in [-0.15, -0.1) is 11.8 Å². The maximum Gasteiger partial charge on any atom is 0.338 e. The molecule has 38 heavy (non-hydrogen) atoms. The highest BCUT2D eigenvalue weighted by atomic mass is 35.5. The molecule has 0 aliphatic carbocycles. The number of benzene rings is 2. The molecule has 0 spiro atoms. The number of thiazole rings is 1. The molecule has 192 valence electrons. The number of furan rings is 1. The normalized spacial score (nSPS) is 15.2. The molecule has 4 aromatic rings. The second kappa shape index (κ2) is 11.0. The van der Waals surface area contributed by atoms with Gasteiger partial charge in [0.25, 0.3) is 5.56 Å². The molecule has 0 radical (unpaired) electrons. The monoisotopic (exact) mass is 562 g/mol. The number of fused-ring (bicyclic) bond motifs is 1. The fraction of sp³-hybridized carbons (Fsp3) is 0.138. The van der Waals surface area contributed by atoms with E-state index in [9.17, 15) is 9.59 Å². The van der Waals surface area contributed by atoms with E-state index in [4.69, 9.17) is 20.8 Å². The summed E-state index contributed by atoms with van der Waals surface area (Å²) < 4.78 is 13.4. The Morgan fingerprint density at radius 1 is 1.24 bits per heavy atom. The van der Waals surface area contributed by atoms with Crippen molar-refractivity contribution in [1.29, 1.82) is 0 Å². The summed E-state index contributed by atoms with van der Waals surface area (Å²) in [6.45, 7) is 5.44. The van der Waals surface area contributed by atoms with E-state index < -0.39 is 12.0 Å². The Balaban J connectivity index is 1.62. The van der Waals surface area contributed by atoms with Crippen LogP contribution in [0.1, 0.15) is 24.3 Å². The number of hydrogen-bond donors (Lipinski definition) is 0. The van der Waals surface area contributed by atoms with Crippen LogP contribution in [0.5, 0.6) is 0 Å². The maximum absolute atomic E-state index is 13.8. The Morgan fingerprint density at radius 3 is 2.74 bits per heavy atom. The zero-order valence-electron chi connectivity index (χ0n) is 20.6. The van der Waals surface area contributed by atoms with Crippen molar-refractivity contribution in [2.75, 3.05) is 12.9 Å². The summed E-state index contributed by atoms with van der Waals surface area (Å²) in [7, 11) is 0. The third-order valence-corrected chi connectivity index (χ3v) is 7.98. The van der Waals surface area contributed by atoms with Crippen LogP contribution in [0, 0.1) is 0 Å². The van der Waals surface area contributed by atoms with Crippen molar-refractivity contribution in [1.82, 2.24) is 4.57 Å². The Kier molecular flexibility index (Phi) is 7.56. The largest absolute Gasteiger partial charge is 0.458 e. The Morgan fingerprint density at radius 2 is 2.03 bits per heavy atom. The molecule has 3 heterocycles. The molecular weight excluding hydrogens is 540 g/mol. The quantitative estimate of drug-likeness (QED) is 0.166. The molecule has 0 saturated carbocycles. The van der Waals surface area contributed by atoms with Crippen LogP contribution < -0.4 is 14.9 Å². The molecule has 0 unspecified atom stereocenters. The number of thioether (sulfide) groups is 1. The Hall–Kier alpha value is -3.59. The molecule has 2 aromatic carbocycles. The number of carbonyl (C=O) groups excluding carboxylic acids is 1. The van der Waals surface area contributed by atoms with Gasteiger partial charge < -0.3 is 9.15 Å². The van der Waals surface area contributed by atoms with Gasteiger partial charge in [-0.3, -0.25) is 9.36 Å². The van der Waals surface area contributed by atoms with Gasteiger partial charge in [-0.25, -0.2) is 9.79 Å². The molecule has 0 N–H and O–H groups in total. The van der Waals surface area contributed by atoms with E-state index in [0.29, 0.717) is 37.1 Å². The van der Waals surface area contributed by atoms with Crippen molar-refractivity contribution in [3.63, 3.8) is 0 Å². The summed E-state index contributed by atoms with van der Waals surface area (Å²) >= 11 is 8.98. The highest BCUT2D eigenvalue weighted by Crippen LogP contribution is 2.32. The molecule has 2 aromatic heterocycles. The smallest absolute Gasteiger partial charge is 0.338 e. The summed E-state index contributed by atoms with van der Waals surface area (Å²) in [6.07, 6.45) is 5.19. The van der Waals surface area contributed by atoms with E-state index in [0.717, 1.165) is 16.0 Å². The lowest BCUT2D eigenvalue weighted by molar-refractivity contribution is -0.138. The third kappa shape index (κ3) is 5.07. The van der Waals surface area contributed by atoms with Crippen LogP contribution in [0.15, 0.2) is 104 Å². The van der Waals surface area contributed by atoms with Crippen molar-refractivity contribution in [3.05, 3.63) is 121 Å². The maximum atomic E-state index is 13.8. The summed E-state index contributed by atoms with van der Waals surface area (Å²) in [5.41, 5.74) is 2.19. The van der Waals surface area contributed by atoms with Crippen molar-refractivity contribution < 1.29 is 13.9 Å². The number of carbonyl (C=O) groups is 1. The molecule has 1 aliphatic rings. The van der Waals surface area contributed by atoms with Gasteiger partial charge in [-0.2, -0.15) is 0 Å². The number of aromatic nitrogens is 1. The van der Waals surface area contributed by atoms with Crippen molar-refractivity contribution in [2.24, 2.45) is 4.99 Å². The molecule has 0 fully saturated rings. The van der Waals surface area contributed by atoms with Gasteiger partial charge >= 0.3 is 5.97 Å². The zero-order valence-corrected chi connectivity index (χ0v) is 23.0. The highest BCUT2D eigenvalue weighted by molar-refractivity contribution is 7.98. The van der Waals surface area contributed by atoms with Gasteiger partial charge in [0.05, 0.1) is 21.8 Å². The second-order valence-electron chi connectivity index (χ2n) is 8.45. The Labute approximate surface area is 232 Å². The predicted molar refractivity (Wildman–Crippen MR) is 152 cm³/mol. The summed E-state index contributed by atoms with van der Waals surface area (Å²) in [4.78, 5) is 33.1. The highest BCUT2D eigenvalue weighted by Gasteiger charge is 2.33. The molecule has 0 bridgehead atoms. The number of hydrogen-bond acceptors (Lipinski definition) is 7. The fourth-order valence-corrected chi connectivity index (χ4v) is 5.88. The average molecular weight is 563 g/mol. The van der Waals surface area contributed by atoms with Gasteiger partial charge in [-0.1, -0.05) is 59.9 Å². The van der Waals surface area contributed by atoms with Gasteiger partial charge in [-0.05, 0) is 55.1 Å². The molecule has 1 atom stereocenters. The van der Waals surface area contributed by atoms with Gasteiger partial charge in [0.1, 0.15) is 18.1 Å². The fourth-order valence-electron chi connectivity index (χ4n) is 4.25. The molecular formula is C29H23ClN2O4S2. The van der Waals surface area contributed by atoms with Crippen molar-refractivity contribution >= 4 is 46.7 Å². The summed E-state index contributed by atoms with van der Waals surface area (Å²) in [5.74, 6) is 0.630. The van der Waals surface area contributed by atoms with Crippen LogP contribution in [0.2, 0.25) is 5.02 Å². The van der Waals surface area contributed by atoms with E-state index in [1.54, 1.807) is 41.5 Å². The minimum atomic E-state index is -0.680. The molecule has 5 rings (SSSR count). The standard InChI is InChI=1S/C29H23ClN2O4S2/c1-4-14-35-28(34)25-17(2)31-29-32(26(25)18-8-11-22(37-3)12-9-18)27(33)24(38-29)16-21-10-13-23(36-21)19-6-5-7-20(30)15-19/h4-13,15-16,26H,1,14H2,2-3H3/b24-16+/t26-/m0/s1. The van der Waals surface area contributed by atoms with Crippen LogP contribution in [0.4, 0.5) is 0 Å². The summed E-state index contributed by atoms with van der Waals surface area (Å²) in [5, 5.41) is 0.608. The van der Waals surface area contributed by atoms with E-state index in [2.05, 4.69) is 11.6 Å². The van der Waals surface area contributed by atoms with Crippen LogP contribution >= 0.6 is 34.7 Å². The average Bonchev–Trinajstić information content (AvgIpc) is 3.51. The van der Waals surface area contributed by atoms with Gasteiger partial charge in [0.2, 0.25) is 0 Å². The lowest BCUT2D eigenvalue weighted by atomic mass is 9.96. The van der Waals surface area contributed by atoms with Gasteiger partial charge in [0.15, 0.2) is 4.80 Å². The first-order valence-electron chi connectivity index (χ1n) is 11.7. The topological polar surface area (TPSA) is 73.8 Å². The summed E-state index contributed by atoms with van der Waals surface area (Å²) in [6, 6.07) is 18.1. The first-order valence-corrected chi connectivity index (χ1v) is 14.1. The van der Waals surface area contributed by atoms with Crippen LogP contribution in [0.25, 0.3) is 17.4 Å². The van der Waals surface area contributed by atoms with E-state index in [1.807, 2.05) is 54.8 Å².